The fraction of sp³-hybridized carbons (Fsp3) is 0.462. The topological polar surface area (TPSA) is 49.3 Å². The van der Waals surface area contributed by atoms with Crippen molar-refractivity contribution in [2.24, 2.45) is 0 Å². The molecule has 0 bridgehead atoms. The molecule has 0 saturated heterocycles. The van der Waals surface area contributed by atoms with E-state index in [0.717, 1.165) is 4.90 Å². The number of aliphatic hydroxyl groups is 1. The van der Waals surface area contributed by atoms with Crippen LogP contribution in [-0.2, 0) is 4.79 Å². The molecule has 0 unspecified atom stereocenters. The number of hydrogen-bond donors (Lipinski definition) is 2. The minimum Gasteiger partial charge on any atom is -0.394 e. The van der Waals surface area contributed by atoms with Gasteiger partial charge in [0.1, 0.15) is 0 Å². The van der Waals surface area contributed by atoms with Gasteiger partial charge in [0.25, 0.3) is 0 Å². The molecule has 0 radical (unpaired) electrons. The molecule has 1 amide bonds. The van der Waals surface area contributed by atoms with Crippen LogP contribution in [0.25, 0.3) is 0 Å². The lowest BCUT2D eigenvalue weighted by Gasteiger charge is -2.23. The summed E-state index contributed by atoms with van der Waals surface area (Å²) in [5, 5.41) is 11.8. The summed E-state index contributed by atoms with van der Waals surface area (Å²) in [7, 11) is 0. The minimum absolute atomic E-state index is 0.0605. The molecule has 94 valence electrons. The maximum atomic E-state index is 11.6. The zero-order chi connectivity index (χ0) is 12.9. The first kappa shape index (κ1) is 14.1. The molecule has 0 aromatic heterocycles. The Morgan fingerprint density at radius 3 is 2.47 bits per heavy atom. The summed E-state index contributed by atoms with van der Waals surface area (Å²) in [6, 6.07) is 8.06. The van der Waals surface area contributed by atoms with E-state index in [1.807, 2.05) is 31.2 Å². The van der Waals surface area contributed by atoms with Crippen LogP contribution in [0.15, 0.2) is 29.2 Å². The molecule has 17 heavy (non-hydrogen) atoms. The fourth-order valence-corrected chi connectivity index (χ4v) is 1.93. The second-order valence-electron chi connectivity index (χ2n) is 4.69. The first-order chi connectivity index (χ1) is 7.93. The van der Waals surface area contributed by atoms with E-state index in [4.69, 9.17) is 5.11 Å². The molecule has 0 aliphatic heterocycles. The Bertz CT molecular complexity index is 374. The molecule has 0 aliphatic carbocycles. The van der Waals surface area contributed by atoms with E-state index in [-0.39, 0.29) is 12.5 Å². The largest absolute Gasteiger partial charge is 0.394 e. The molecule has 1 aromatic carbocycles. The van der Waals surface area contributed by atoms with Crippen molar-refractivity contribution in [2.45, 2.75) is 31.2 Å². The molecule has 0 atom stereocenters. The lowest BCUT2D eigenvalue weighted by molar-refractivity contribution is -0.120. The quantitative estimate of drug-likeness (QED) is 0.789. The Morgan fingerprint density at radius 2 is 1.94 bits per heavy atom. The first-order valence-electron chi connectivity index (χ1n) is 5.54. The smallest absolute Gasteiger partial charge is 0.230 e. The number of benzene rings is 1. The second-order valence-corrected chi connectivity index (χ2v) is 5.74. The number of aryl methyl sites for hydroxylation is 1. The van der Waals surface area contributed by atoms with Crippen LogP contribution in [0.4, 0.5) is 0 Å². The van der Waals surface area contributed by atoms with Crippen LogP contribution in [-0.4, -0.2) is 28.9 Å². The van der Waals surface area contributed by atoms with Gasteiger partial charge in [-0.25, -0.2) is 0 Å². The molecule has 2 N–H and O–H groups in total. The van der Waals surface area contributed by atoms with Gasteiger partial charge in [-0.2, -0.15) is 0 Å². The standard InChI is InChI=1S/C13H19NO2S/c1-10-4-6-11(7-5-10)17-8-12(16)14-13(2,3)9-15/h4-7,15H,8-9H2,1-3H3,(H,14,16). The van der Waals surface area contributed by atoms with Gasteiger partial charge >= 0.3 is 0 Å². The zero-order valence-electron chi connectivity index (χ0n) is 10.5. The Kier molecular flexibility index (Phi) is 5.02. The summed E-state index contributed by atoms with van der Waals surface area (Å²) in [4.78, 5) is 12.7. The Labute approximate surface area is 107 Å². The zero-order valence-corrected chi connectivity index (χ0v) is 11.3. The Hall–Kier alpha value is -1.00. The number of aliphatic hydroxyl groups excluding tert-OH is 1. The lowest BCUT2D eigenvalue weighted by Crippen LogP contribution is -2.47. The van der Waals surface area contributed by atoms with Gasteiger partial charge in [0.15, 0.2) is 0 Å². The van der Waals surface area contributed by atoms with Crippen molar-refractivity contribution < 1.29 is 9.90 Å². The number of rotatable bonds is 5. The molecule has 4 heteroatoms. The van der Waals surface area contributed by atoms with Gasteiger partial charge in [0, 0.05) is 4.90 Å². The molecule has 0 saturated carbocycles. The molecular weight excluding hydrogens is 234 g/mol. The van der Waals surface area contributed by atoms with Crippen molar-refractivity contribution in [1.82, 2.24) is 5.32 Å². The third-order valence-corrected chi connectivity index (χ3v) is 3.28. The van der Waals surface area contributed by atoms with Crippen LogP contribution in [0.3, 0.4) is 0 Å². The first-order valence-corrected chi connectivity index (χ1v) is 6.53. The van der Waals surface area contributed by atoms with Crippen molar-refractivity contribution in [3.05, 3.63) is 29.8 Å². The number of amides is 1. The third kappa shape index (κ3) is 5.24. The number of carbonyl (C=O) groups excluding carboxylic acids is 1. The summed E-state index contributed by atoms with van der Waals surface area (Å²) < 4.78 is 0. The average molecular weight is 253 g/mol. The molecule has 0 spiro atoms. The van der Waals surface area contributed by atoms with Crippen LogP contribution >= 0.6 is 11.8 Å². The van der Waals surface area contributed by atoms with E-state index in [0.29, 0.717) is 5.75 Å². The summed E-state index contributed by atoms with van der Waals surface area (Å²) in [5.74, 6) is 0.307. The van der Waals surface area contributed by atoms with Gasteiger partial charge in [0.05, 0.1) is 17.9 Å². The molecule has 1 rings (SSSR count). The van der Waals surface area contributed by atoms with Gasteiger partial charge in [-0.1, -0.05) is 17.7 Å². The normalized spacial score (nSPS) is 11.3. The van der Waals surface area contributed by atoms with Crippen LogP contribution < -0.4 is 5.32 Å². The van der Waals surface area contributed by atoms with Crippen molar-refractivity contribution in [3.8, 4) is 0 Å². The SMILES string of the molecule is Cc1ccc(SCC(=O)NC(C)(C)CO)cc1. The average Bonchev–Trinajstić information content (AvgIpc) is 2.28. The van der Waals surface area contributed by atoms with Gasteiger partial charge in [-0.3, -0.25) is 4.79 Å². The van der Waals surface area contributed by atoms with Crippen molar-refractivity contribution in [3.63, 3.8) is 0 Å². The van der Waals surface area contributed by atoms with E-state index in [2.05, 4.69) is 5.32 Å². The highest BCUT2D eigenvalue weighted by atomic mass is 32.2. The van der Waals surface area contributed by atoms with Gasteiger partial charge in [-0.15, -0.1) is 11.8 Å². The van der Waals surface area contributed by atoms with E-state index < -0.39 is 5.54 Å². The summed E-state index contributed by atoms with van der Waals surface area (Å²) >= 11 is 1.49. The van der Waals surface area contributed by atoms with E-state index in [9.17, 15) is 4.79 Å². The van der Waals surface area contributed by atoms with Gasteiger partial charge < -0.3 is 10.4 Å². The summed E-state index contributed by atoms with van der Waals surface area (Å²) in [6.45, 7) is 5.56. The van der Waals surface area contributed by atoms with E-state index in [1.54, 1.807) is 13.8 Å². The molecule has 0 fully saturated rings. The van der Waals surface area contributed by atoms with Crippen LogP contribution in [0.1, 0.15) is 19.4 Å². The Balaban J connectivity index is 2.41. The van der Waals surface area contributed by atoms with E-state index >= 15 is 0 Å². The van der Waals surface area contributed by atoms with Gasteiger partial charge in [-0.05, 0) is 32.9 Å². The lowest BCUT2D eigenvalue weighted by atomic mass is 10.1. The summed E-state index contributed by atoms with van der Waals surface area (Å²) in [5.41, 5.74) is 0.658. The van der Waals surface area contributed by atoms with Crippen molar-refractivity contribution in [2.75, 3.05) is 12.4 Å². The maximum Gasteiger partial charge on any atom is 0.230 e. The highest BCUT2D eigenvalue weighted by molar-refractivity contribution is 8.00. The van der Waals surface area contributed by atoms with Crippen LogP contribution in [0, 0.1) is 6.92 Å². The minimum atomic E-state index is -0.551. The fourth-order valence-electron chi connectivity index (χ4n) is 1.24. The van der Waals surface area contributed by atoms with Crippen LogP contribution in [0.2, 0.25) is 0 Å². The van der Waals surface area contributed by atoms with Crippen molar-refractivity contribution >= 4 is 17.7 Å². The van der Waals surface area contributed by atoms with Gasteiger partial charge in [0.2, 0.25) is 5.91 Å². The predicted molar refractivity (Wildman–Crippen MR) is 71.2 cm³/mol. The molecule has 0 heterocycles. The highest BCUT2D eigenvalue weighted by Crippen LogP contribution is 2.18. The number of hydrogen-bond acceptors (Lipinski definition) is 3. The van der Waals surface area contributed by atoms with Crippen molar-refractivity contribution in [1.29, 1.82) is 0 Å². The second kappa shape index (κ2) is 6.07. The number of carbonyl (C=O) groups is 1. The molecule has 0 aliphatic rings. The monoisotopic (exact) mass is 253 g/mol. The molecular formula is C13H19NO2S. The third-order valence-electron chi connectivity index (χ3n) is 2.26. The summed E-state index contributed by atoms with van der Waals surface area (Å²) in [6.07, 6.45) is 0. The predicted octanol–water partition coefficient (Wildman–Crippen LogP) is 1.97. The highest BCUT2D eigenvalue weighted by Gasteiger charge is 2.18. The number of nitrogens with one attached hydrogen (secondary N) is 1. The molecule has 1 aromatic rings. The number of thioether (sulfide) groups is 1. The molecule has 3 nitrogen and oxygen atoms in total. The van der Waals surface area contributed by atoms with Crippen LogP contribution in [0.5, 0.6) is 0 Å². The van der Waals surface area contributed by atoms with E-state index in [1.165, 1.54) is 17.3 Å². The maximum absolute atomic E-state index is 11.6. The Morgan fingerprint density at radius 1 is 1.35 bits per heavy atom.